The number of benzene rings is 1. The molecule has 0 amide bonds. The summed E-state index contributed by atoms with van der Waals surface area (Å²) in [6, 6.07) is 7.47. The summed E-state index contributed by atoms with van der Waals surface area (Å²) in [4.78, 5) is 10.0. The van der Waals surface area contributed by atoms with Crippen molar-refractivity contribution < 1.29 is 4.74 Å². The second kappa shape index (κ2) is 9.95. The zero-order valence-electron chi connectivity index (χ0n) is 17.7. The highest BCUT2D eigenvalue weighted by atomic mass is 35.5. The van der Waals surface area contributed by atoms with E-state index in [0.29, 0.717) is 32.7 Å². The molecular weight excluding hydrogens is 465 g/mol. The van der Waals surface area contributed by atoms with Gasteiger partial charge >= 0.3 is 0 Å². The van der Waals surface area contributed by atoms with Gasteiger partial charge in [0.2, 0.25) is 0 Å². The molecule has 0 bridgehead atoms. The number of nitrogens with one attached hydrogen (secondary N) is 1. The molecule has 1 N–H and O–H groups in total. The van der Waals surface area contributed by atoms with Crippen molar-refractivity contribution in [2.45, 2.75) is 0 Å². The summed E-state index contributed by atoms with van der Waals surface area (Å²) in [6.45, 7) is 4.94. The van der Waals surface area contributed by atoms with E-state index >= 15 is 0 Å². The van der Waals surface area contributed by atoms with Gasteiger partial charge in [0.05, 0.1) is 55.7 Å². The molecule has 2 aromatic heterocycles. The Balaban J connectivity index is 1.63. The average molecular weight is 486 g/mol. The molecule has 3 heterocycles. The van der Waals surface area contributed by atoms with Gasteiger partial charge in [-0.05, 0) is 19.2 Å². The van der Waals surface area contributed by atoms with Crippen molar-refractivity contribution in [1.29, 1.82) is 5.26 Å². The number of fused-ring (bicyclic) bond motifs is 1. The Kier molecular flexibility index (Phi) is 7.05. The Labute approximate surface area is 201 Å². The number of nitriles is 1. The first kappa shape index (κ1) is 22.7. The molecule has 0 unspecified atom stereocenters. The van der Waals surface area contributed by atoms with Gasteiger partial charge in [-0.3, -0.25) is 9.88 Å². The van der Waals surface area contributed by atoms with Gasteiger partial charge in [0, 0.05) is 38.4 Å². The van der Waals surface area contributed by atoms with Crippen LogP contribution in [0, 0.1) is 23.2 Å². The second-order valence-corrected chi connectivity index (χ2v) is 9.32. The number of rotatable bonds is 4. The summed E-state index contributed by atoms with van der Waals surface area (Å²) >= 11 is 14.0. The highest BCUT2D eigenvalue weighted by Gasteiger charge is 2.16. The molecule has 164 valence electrons. The molecule has 6 nitrogen and oxygen atoms in total. The van der Waals surface area contributed by atoms with Crippen LogP contribution in [-0.4, -0.2) is 61.7 Å². The van der Waals surface area contributed by atoms with E-state index in [4.69, 9.17) is 27.9 Å². The highest BCUT2D eigenvalue weighted by Crippen LogP contribution is 2.39. The standard InChI is InChI=1S/C23H21Cl2N5OS/c1-29-6-8-30(9-7-29)5-3-4-16-10-20-23(32-16)22(15(13-26)14-27-20)28-19-12-21(31-2)18(25)11-17(19)24/h10-12,14H,5-9H2,1-2H3,(H,27,28). The topological polar surface area (TPSA) is 64.4 Å². The average Bonchev–Trinajstić information content (AvgIpc) is 3.20. The number of methoxy groups -OCH3 is 1. The Morgan fingerprint density at radius 1 is 1.19 bits per heavy atom. The minimum absolute atomic E-state index is 0.414. The fourth-order valence-electron chi connectivity index (χ4n) is 3.41. The Morgan fingerprint density at radius 3 is 2.69 bits per heavy atom. The number of aromatic nitrogens is 1. The Hall–Kier alpha value is -2.52. The number of likely N-dealkylation sites (N-methyl/N-ethyl adjacent to an activating group) is 1. The molecule has 4 rings (SSSR count). The summed E-state index contributed by atoms with van der Waals surface area (Å²) < 4.78 is 6.14. The third-order valence-electron chi connectivity index (χ3n) is 5.27. The molecule has 1 aromatic carbocycles. The molecule has 0 atom stereocenters. The van der Waals surface area contributed by atoms with Gasteiger partial charge in [-0.1, -0.05) is 35.0 Å². The zero-order chi connectivity index (χ0) is 22.7. The van der Waals surface area contributed by atoms with Gasteiger partial charge in [-0.2, -0.15) is 5.26 Å². The van der Waals surface area contributed by atoms with E-state index in [1.165, 1.54) is 18.4 Å². The van der Waals surface area contributed by atoms with Crippen molar-refractivity contribution in [3.8, 4) is 23.7 Å². The lowest BCUT2D eigenvalue weighted by Crippen LogP contribution is -2.44. The SMILES string of the molecule is COc1cc(Nc2c(C#N)cnc3cc(C#CCN4CCN(C)CC4)sc23)c(Cl)cc1Cl. The van der Waals surface area contributed by atoms with E-state index in [2.05, 4.69) is 45.1 Å². The maximum atomic E-state index is 9.64. The number of piperazine rings is 1. The smallest absolute Gasteiger partial charge is 0.139 e. The first-order valence-electron chi connectivity index (χ1n) is 10.0. The predicted molar refractivity (Wildman–Crippen MR) is 131 cm³/mol. The third kappa shape index (κ3) is 4.94. The maximum Gasteiger partial charge on any atom is 0.139 e. The number of pyridine rings is 1. The number of thiophene rings is 1. The molecule has 1 aliphatic heterocycles. The fourth-order valence-corrected chi connectivity index (χ4v) is 4.91. The van der Waals surface area contributed by atoms with E-state index in [1.54, 1.807) is 18.3 Å². The van der Waals surface area contributed by atoms with E-state index in [0.717, 1.165) is 47.8 Å². The molecule has 1 aliphatic rings. The van der Waals surface area contributed by atoms with Crippen LogP contribution in [0.3, 0.4) is 0 Å². The van der Waals surface area contributed by atoms with Crippen molar-refractivity contribution in [3.63, 3.8) is 0 Å². The van der Waals surface area contributed by atoms with Crippen molar-refractivity contribution in [1.82, 2.24) is 14.8 Å². The van der Waals surface area contributed by atoms with Crippen molar-refractivity contribution in [3.05, 3.63) is 44.9 Å². The fraction of sp³-hybridized carbons (Fsp3) is 0.304. The van der Waals surface area contributed by atoms with Gasteiger partial charge in [0.25, 0.3) is 0 Å². The van der Waals surface area contributed by atoms with Crippen molar-refractivity contribution in [2.24, 2.45) is 0 Å². The van der Waals surface area contributed by atoms with Gasteiger partial charge < -0.3 is 15.0 Å². The molecule has 1 fully saturated rings. The van der Waals surface area contributed by atoms with E-state index < -0.39 is 0 Å². The molecule has 0 aliphatic carbocycles. The highest BCUT2D eigenvalue weighted by molar-refractivity contribution is 7.20. The summed E-state index contributed by atoms with van der Waals surface area (Å²) in [5, 5.41) is 13.8. The van der Waals surface area contributed by atoms with Crippen molar-refractivity contribution >= 4 is 56.1 Å². The third-order valence-corrected chi connectivity index (χ3v) is 6.94. The quantitative estimate of drug-likeness (QED) is 0.534. The van der Waals surface area contributed by atoms with Crippen LogP contribution in [0.2, 0.25) is 10.0 Å². The van der Waals surface area contributed by atoms with Crippen LogP contribution in [0.25, 0.3) is 10.2 Å². The summed E-state index contributed by atoms with van der Waals surface area (Å²) in [6.07, 6.45) is 1.56. The zero-order valence-corrected chi connectivity index (χ0v) is 20.0. The minimum atomic E-state index is 0.414. The molecular formula is C23H21Cl2N5OS. The number of hydrogen-bond acceptors (Lipinski definition) is 7. The van der Waals surface area contributed by atoms with E-state index in [9.17, 15) is 5.26 Å². The first-order chi connectivity index (χ1) is 15.5. The van der Waals surface area contributed by atoms with Crippen LogP contribution < -0.4 is 10.1 Å². The van der Waals surface area contributed by atoms with E-state index in [-0.39, 0.29) is 0 Å². The lowest BCUT2D eigenvalue weighted by Gasteiger charge is -2.30. The first-order valence-corrected chi connectivity index (χ1v) is 11.6. The van der Waals surface area contributed by atoms with Crippen molar-refractivity contribution in [2.75, 3.05) is 52.2 Å². The molecule has 1 saturated heterocycles. The summed E-state index contributed by atoms with van der Waals surface area (Å²) in [5.41, 5.74) is 2.42. The van der Waals surface area contributed by atoms with Crippen LogP contribution in [0.15, 0.2) is 24.4 Å². The van der Waals surface area contributed by atoms with E-state index in [1.807, 2.05) is 6.07 Å². The lowest BCUT2D eigenvalue weighted by molar-refractivity contribution is 0.168. The molecule has 9 heteroatoms. The number of hydrogen-bond donors (Lipinski definition) is 1. The van der Waals surface area contributed by atoms with Crippen LogP contribution in [0.5, 0.6) is 5.75 Å². The summed E-state index contributed by atoms with van der Waals surface area (Å²) in [5.74, 6) is 7.02. The van der Waals surface area contributed by atoms with Gasteiger partial charge in [0.15, 0.2) is 0 Å². The normalized spacial score (nSPS) is 14.6. The molecule has 0 saturated carbocycles. The number of halogens is 2. The van der Waals surface area contributed by atoms with Crippen LogP contribution in [0.4, 0.5) is 11.4 Å². The Bertz CT molecular complexity index is 1250. The van der Waals surface area contributed by atoms with Gasteiger partial charge in [-0.15, -0.1) is 11.3 Å². The molecule has 0 radical (unpaired) electrons. The van der Waals surface area contributed by atoms with Crippen LogP contribution in [0.1, 0.15) is 10.4 Å². The van der Waals surface area contributed by atoms with Crippen LogP contribution >= 0.6 is 34.5 Å². The molecule has 3 aromatic rings. The number of nitrogens with zero attached hydrogens (tertiary/aromatic N) is 4. The predicted octanol–water partition coefficient (Wildman–Crippen LogP) is 4.83. The van der Waals surface area contributed by atoms with Gasteiger partial charge in [0.1, 0.15) is 11.8 Å². The van der Waals surface area contributed by atoms with Crippen LogP contribution in [-0.2, 0) is 0 Å². The number of ether oxygens (including phenoxy) is 1. The second-order valence-electron chi connectivity index (χ2n) is 7.46. The molecule has 32 heavy (non-hydrogen) atoms. The van der Waals surface area contributed by atoms with Gasteiger partial charge in [-0.25, -0.2) is 0 Å². The largest absolute Gasteiger partial charge is 0.495 e. The number of anilines is 2. The minimum Gasteiger partial charge on any atom is -0.495 e. The lowest BCUT2D eigenvalue weighted by atomic mass is 10.2. The monoisotopic (exact) mass is 485 g/mol. The maximum absolute atomic E-state index is 9.64. The summed E-state index contributed by atoms with van der Waals surface area (Å²) in [7, 11) is 3.68. The Morgan fingerprint density at radius 2 is 1.97 bits per heavy atom. The molecule has 0 spiro atoms.